The highest BCUT2D eigenvalue weighted by molar-refractivity contribution is 6.07. The van der Waals surface area contributed by atoms with E-state index in [1.54, 1.807) is 6.07 Å². The molecule has 1 heterocycles. The summed E-state index contributed by atoms with van der Waals surface area (Å²) in [6.07, 6.45) is 2.76. The fourth-order valence-electron chi connectivity index (χ4n) is 2.61. The van der Waals surface area contributed by atoms with Gasteiger partial charge in [0.1, 0.15) is 11.6 Å². The van der Waals surface area contributed by atoms with Crippen LogP contribution >= 0.6 is 0 Å². The van der Waals surface area contributed by atoms with Crippen molar-refractivity contribution >= 4 is 11.9 Å². The molecule has 0 radical (unpaired) electrons. The number of rotatable bonds is 6. The van der Waals surface area contributed by atoms with Crippen LogP contribution in [0.2, 0.25) is 0 Å². The van der Waals surface area contributed by atoms with Gasteiger partial charge in [0.2, 0.25) is 18.3 Å². The van der Waals surface area contributed by atoms with E-state index in [1.807, 2.05) is 0 Å². The van der Waals surface area contributed by atoms with Crippen LogP contribution in [0.3, 0.4) is 0 Å². The third-order valence-electron chi connectivity index (χ3n) is 3.87. The topological polar surface area (TPSA) is 63.2 Å². The van der Waals surface area contributed by atoms with E-state index < -0.39 is 11.6 Å². The minimum Gasteiger partial charge on any atom is -0.497 e. The fraction of sp³-hybridized carbons (Fsp3) is 0.211. The maximum absolute atomic E-state index is 14.0. The maximum atomic E-state index is 14.0. The molecule has 3 rings (SSSR count). The van der Waals surface area contributed by atoms with Crippen molar-refractivity contribution in [3.05, 3.63) is 47.3 Å². The molecule has 0 saturated heterocycles. The van der Waals surface area contributed by atoms with Gasteiger partial charge >= 0.3 is 0 Å². The summed E-state index contributed by atoms with van der Waals surface area (Å²) in [6.45, 7) is 0.0675. The summed E-state index contributed by atoms with van der Waals surface area (Å²) in [4.78, 5) is 12.3. The number of benzene rings is 2. The Morgan fingerprint density at radius 3 is 2.50 bits per heavy atom. The molecule has 0 bridgehead atoms. The van der Waals surface area contributed by atoms with E-state index in [2.05, 4.69) is 0 Å². The third-order valence-corrected chi connectivity index (χ3v) is 3.87. The van der Waals surface area contributed by atoms with E-state index in [0.717, 1.165) is 6.07 Å². The van der Waals surface area contributed by atoms with Crippen molar-refractivity contribution in [2.75, 3.05) is 28.1 Å². The molecule has 0 atom stereocenters. The Balaban J connectivity index is 1.94. The predicted octanol–water partition coefficient (Wildman–Crippen LogP) is 3.48. The normalized spacial score (nSPS) is 12.3. The molecule has 7 heteroatoms. The zero-order chi connectivity index (χ0) is 18.7. The van der Waals surface area contributed by atoms with Gasteiger partial charge in [-0.1, -0.05) is 0 Å². The lowest BCUT2D eigenvalue weighted by molar-refractivity contribution is 0.104. The van der Waals surface area contributed by atoms with E-state index in [9.17, 15) is 9.18 Å². The second-order valence-electron chi connectivity index (χ2n) is 5.31. The van der Waals surface area contributed by atoms with Gasteiger partial charge in [-0.15, -0.1) is 0 Å². The molecule has 2 aromatic rings. The van der Waals surface area contributed by atoms with Gasteiger partial charge in [0.05, 0.1) is 26.9 Å². The number of ether oxygens (including phenoxy) is 5. The van der Waals surface area contributed by atoms with Gasteiger partial charge in [0.25, 0.3) is 0 Å². The lowest BCUT2D eigenvalue weighted by Gasteiger charge is -2.12. The van der Waals surface area contributed by atoms with Crippen molar-refractivity contribution in [1.29, 1.82) is 0 Å². The van der Waals surface area contributed by atoms with E-state index in [4.69, 9.17) is 23.7 Å². The largest absolute Gasteiger partial charge is 0.497 e. The highest BCUT2D eigenvalue weighted by atomic mass is 19.1. The molecule has 26 heavy (non-hydrogen) atoms. The van der Waals surface area contributed by atoms with Crippen LogP contribution in [-0.4, -0.2) is 33.9 Å². The van der Waals surface area contributed by atoms with E-state index in [1.165, 1.54) is 45.6 Å². The fourth-order valence-corrected chi connectivity index (χ4v) is 2.61. The predicted molar refractivity (Wildman–Crippen MR) is 92.0 cm³/mol. The lowest BCUT2D eigenvalue weighted by Crippen LogP contribution is -2.00. The first-order valence-electron chi connectivity index (χ1n) is 7.69. The minimum atomic E-state index is -0.658. The van der Waals surface area contributed by atoms with Crippen LogP contribution in [0.5, 0.6) is 28.7 Å². The zero-order valence-corrected chi connectivity index (χ0v) is 14.5. The summed E-state index contributed by atoms with van der Waals surface area (Å²) >= 11 is 0. The summed E-state index contributed by atoms with van der Waals surface area (Å²) in [5, 5.41) is 0. The van der Waals surface area contributed by atoms with Crippen molar-refractivity contribution < 1.29 is 32.9 Å². The van der Waals surface area contributed by atoms with Crippen molar-refractivity contribution in [2.45, 2.75) is 0 Å². The number of hydrogen-bond donors (Lipinski definition) is 0. The second kappa shape index (κ2) is 7.35. The van der Waals surface area contributed by atoms with Gasteiger partial charge in [-0.25, -0.2) is 4.39 Å². The van der Waals surface area contributed by atoms with Crippen LogP contribution in [0.1, 0.15) is 15.9 Å². The molecular formula is C19H17FO6. The number of carbonyl (C=O) groups excluding carboxylic acids is 1. The lowest BCUT2D eigenvalue weighted by atomic mass is 10.1. The van der Waals surface area contributed by atoms with E-state index in [-0.39, 0.29) is 12.4 Å². The average molecular weight is 360 g/mol. The number of carbonyl (C=O) groups is 1. The van der Waals surface area contributed by atoms with Crippen LogP contribution in [0.25, 0.3) is 6.08 Å². The first-order chi connectivity index (χ1) is 12.6. The second-order valence-corrected chi connectivity index (χ2v) is 5.31. The van der Waals surface area contributed by atoms with Gasteiger partial charge in [-0.3, -0.25) is 4.79 Å². The number of allylic oxidation sites excluding steroid dienone is 1. The van der Waals surface area contributed by atoms with Gasteiger partial charge in [-0.2, -0.15) is 0 Å². The highest BCUT2D eigenvalue weighted by Gasteiger charge is 2.25. The summed E-state index contributed by atoms with van der Waals surface area (Å²) in [5.74, 6) is 0.851. The molecule has 0 aliphatic carbocycles. The minimum absolute atomic E-state index is 0.0614. The quantitative estimate of drug-likeness (QED) is 0.581. The molecule has 6 nitrogen and oxygen atoms in total. The molecular weight excluding hydrogens is 343 g/mol. The molecule has 0 unspecified atom stereocenters. The maximum Gasteiger partial charge on any atom is 0.231 e. The summed E-state index contributed by atoms with van der Waals surface area (Å²) < 4.78 is 40.4. The first kappa shape index (κ1) is 17.6. The van der Waals surface area contributed by atoms with Crippen LogP contribution in [0.15, 0.2) is 30.3 Å². The number of halogens is 1. The molecule has 136 valence electrons. The number of fused-ring (bicyclic) bond motifs is 1. The monoisotopic (exact) mass is 360 g/mol. The van der Waals surface area contributed by atoms with Gasteiger partial charge < -0.3 is 23.7 Å². The molecule has 1 aliphatic rings. The Bertz CT molecular complexity index is 875. The SMILES string of the molecule is COc1ccc(C(=O)C=Cc2cc3c(c(OC)c2OC)OCO3)c(F)c1. The Kier molecular flexibility index (Phi) is 4.97. The standard InChI is InChI=1S/C19H17FO6/c1-22-12-5-6-13(14(20)9-12)15(21)7-4-11-8-16-18(26-10-25-16)19(24-3)17(11)23-2/h4-9H,10H2,1-3H3. The molecule has 1 aliphatic heterocycles. The molecule has 0 spiro atoms. The van der Waals surface area contributed by atoms with Crippen molar-refractivity contribution in [2.24, 2.45) is 0 Å². The molecule has 0 fully saturated rings. The zero-order valence-electron chi connectivity index (χ0n) is 14.5. The Hall–Kier alpha value is -3.22. The number of ketones is 1. The smallest absolute Gasteiger partial charge is 0.231 e. The summed E-state index contributed by atoms with van der Waals surface area (Å²) in [7, 11) is 4.38. The van der Waals surface area contributed by atoms with E-state index in [0.29, 0.717) is 34.3 Å². The molecule has 0 N–H and O–H groups in total. The van der Waals surface area contributed by atoms with Crippen LogP contribution in [-0.2, 0) is 0 Å². The van der Waals surface area contributed by atoms with Gasteiger partial charge in [0, 0.05) is 11.6 Å². The number of methoxy groups -OCH3 is 3. The van der Waals surface area contributed by atoms with Crippen molar-refractivity contribution in [1.82, 2.24) is 0 Å². The number of hydrogen-bond acceptors (Lipinski definition) is 6. The molecule has 0 saturated carbocycles. The Morgan fingerprint density at radius 2 is 1.85 bits per heavy atom. The summed E-state index contributed by atoms with van der Waals surface area (Å²) in [5.41, 5.74) is 0.476. The average Bonchev–Trinajstić information content (AvgIpc) is 3.12. The molecule has 0 aromatic heterocycles. The van der Waals surface area contributed by atoms with Crippen molar-refractivity contribution in [3.8, 4) is 28.7 Å². The molecule has 2 aromatic carbocycles. The third kappa shape index (κ3) is 3.15. The van der Waals surface area contributed by atoms with Crippen molar-refractivity contribution in [3.63, 3.8) is 0 Å². The van der Waals surface area contributed by atoms with Gasteiger partial charge in [-0.05, 0) is 30.4 Å². The Labute approximate surface area is 149 Å². The van der Waals surface area contributed by atoms with E-state index >= 15 is 0 Å². The van der Waals surface area contributed by atoms with Gasteiger partial charge in [0.15, 0.2) is 17.3 Å². The Morgan fingerprint density at radius 1 is 1.08 bits per heavy atom. The van der Waals surface area contributed by atoms with Crippen LogP contribution < -0.4 is 23.7 Å². The van der Waals surface area contributed by atoms with Crippen LogP contribution in [0, 0.1) is 5.82 Å². The molecule has 0 amide bonds. The highest BCUT2D eigenvalue weighted by Crippen LogP contribution is 2.49. The summed E-state index contributed by atoms with van der Waals surface area (Å²) in [6, 6.07) is 5.72. The first-order valence-corrected chi connectivity index (χ1v) is 7.69. The van der Waals surface area contributed by atoms with Crippen LogP contribution in [0.4, 0.5) is 4.39 Å².